The van der Waals surface area contributed by atoms with Gasteiger partial charge in [0.25, 0.3) is 0 Å². The second-order valence-electron chi connectivity index (χ2n) is 7.19. The molecule has 132 valence electrons. The highest BCUT2D eigenvalue weighted by atomic mass is 32.1. The quantitative estimate of drug-likeness (QED) is 0.672. The highest BCUT2D eigenvalue weighted by Gasteiger charge is 2.11. The van der Waals surface area contributed by atoms with Gasteiger partial charge >= 0.3 is 0 Å². The minimum absolute atomic E-state index is 0.0263. The zero-order chi connectivity index (χ0) is 18.0. The third-order valence-electron chi connectivity index (χ3n) is 4.02. The normalized spacial score (nSPS) is 11.6. The number of anilines is 1. The van der Waals surface area contributed by atoms with Crippen molar-refractivity contribution in [2.45, 2.75) is 46.6 Å². The van der Waals surface area contributed by atoms with E-state index in [1.165, 1.54) is 5.52 Å². The van der Waals surface area contributed by atoms with Gasteiger partial charge in [0.2, 0.25) is 5.91 Å². The molecule has 0 radical (unpaired) electrons. The summed E-state index contributed by atoms with van der Waals surface area (Å²) in [6.45, 7) is 9.65. The number of thiazole rings is 1. The topological polar surface area (TPSA) is 46.9 Å². The van der Waals surface area contributed by atoms with Crippen LogP contribution in [0.5, 0.6) is 0 Å². The summed E-state index contributed by atoms with van der Waals surface area (Å²) in [4.78, 5) is 16.8. The first-order valence-corrected chi connectivity index (χ1v) is 9.63. The molecular weight excluding hydrogens is 330 g/mol. The molecular formula is C20H25N3OS. The summed E-state index contributed by atoms with van der Waals surface area (Å²) in [5.41, 5.74) is 2.88. The highest BCUT2D eigenvalue weighted by Crippen LogP contribution is 2.22. The molecule has 2 heterocycles. The van der Waals surface area contributed by atoms with Gasteiger partial charge in [-0.1, -0.05) is 27.7 Å². The number of hydrogen-bond donors (Lipinski definition) is 1. The van der Waals surface area contributed by atoms with Crippen LogP contribution in [-0.2, 0) is 17.8 Å². The van der Waals surface area contributed by atoms with Crippen LogP contribution >= 0.6 is 11.3 Å². The summed E-state index contributed by atoms with van der Waals surface area (Å²) >= 11 is 1.62. The van der Waals surface area contributed by atoms with Crippen LogP contribution in [0.25, 0.3) is 10.9 Å². The maximum Gasteiger partial charge on any atom is 0.230 e. The lowest BCUT2D eigenvalue weighted by Gasteiger charge is -2.09. The summed E-state index contributed by atoms with van der Waals surface area (Å²) in [5.74, 6) is 0.976. The second-order valence-corrected chi connectivity index (χ2v) is 8.08. The number of rotatable bonds is 6. The van der Waals surface area contributed by atoms with Gasteiger partial charge in [-0.2, -0.15) is 0 Å². The molecule has 0 bridgehead atoms. The Morgan fingerprint density at radius 1 is 1.24 bits per heavy atom. The third kappa shape index (κ3) is 4.28. The molecule has 5 heteroatoms. The summed E-state index contributed by atoms with van der Waals surface area (Å²) < 4.78 is 2.26. The van der Waals surface area contributed by atoms with Crippen LogP contribution in [0, 0.1) is 5.92 Å². The van der Waals surface area contributed by atoms with Crippen molar-refractivity contribution in [2.75, 3.05) is 5.32 Å². The van der Waals surface area contributed by atoms with E-state index < -0.39 is 0 Å². The van der Waals surface area contributed by atoms with Gasteiger partial charge in [0.1, 0.15) is 0 Å². The van der Waals surface area contributed by atoms with Crippen LogP contribution in [0.2, 0.25) is 0 Å². The van der Waals surface area contributed by atoms with Crippen LogP contribution in [0.3, 0.4) is 0 Å². The molecule has 1 amide bonds. The van der Waals surface area contributed by atoms with Crippen LogP contribution in [0.1, 0.15) is 44.3 Å². The number of carbonyl (C=O) groups is 1. The number of aromatic nitrogens is 2. The summed E-state index contributed by atoms with van der Waals surface area (Å²) in [5, 5.41) is 7.19. The number of amides is 1. The molecule has 2 aromatic heterocycles. The Balaban J connectivity index is 1.68. The second kappa shape index (κ2) is 7.40. The van der Waals surface area contributed by atoms with E-state index in [2.05, 4.69) is 60.9 Å². The van der Waals surface area contributed by atoms with Gasteiger partial charge in [0.05, 0.1) is 17.1 Å². The van der Waals surface area contributed by atoms with Crippen molar-refractivity contribution in [3.05, 3.63) is 46.5 Å². The Bertz CT molecular complexity index is 876. The maximum atomic E-state index is 12.3. The Hall–Kier alpha value is -2.14. The van der Waals surface area contributed by atoms with E-state index >= 15 is 0 Å². The van der Waals surface area contributed by atoms with Crippen molar-refractivity contribution < 1.29 is 4.79 Å². The smallest absolute Gasteiger partial charge is 0.230 e. The third-order valence-corrected chi connectivity index (χ3v) is 5.22. The van der Waals surface area contributed by atoms with Crippen molar-refractivity contribution in [3.63, 3.8) is 0 Å². The predicted octanol–water partition coefficient (Wildman–Crippen LogP) is 5.06. The standard InChI is InChI=1S/C20H25N3OS/c1-13(2)11-23-8-7-15-9-16(5-6-18(15)23)21-19(24)10-17-12-25-20(22-17)14(3)4/h5-9,12-14H,10-11H2,1-4H3,(H,21,24). The van der Waals surface area contributed by atoms with Crippen molar-refractivity contribution in [2.24, 2.45) is 5.92 Å². The first kappa shape index (κ1) is 17.7. The number of hydrogen-bond acceptors (Lipinski definition) is 3. The molecule has 0 spiro atoms. The summed E-state index contributed by atoms with van der Waals surface area (Å²) in [6.07, 6.45) is 2.43. The molecule has 0 aliphatic rings. The molecule has 4 nitrogen and oxygen atoms in total. The van der Waals surface area contributed by atoms with E-state index in [0.717, 1.165) is 28.3 Å². The van der Waals surface area contributed by atoms with Crippen LogP contribution < -0.4 is 5.32 Å². The van der Waals surface area contributed by atoms with Gasteiger partial charge in [-0.15, -0.1) is 11.3 Å². The zero-order valence-corrected chi connectivity index (χ0v) is 16.1. The van der Waals surface area contributed by atoms with Crippen molar-refractivity contribution in [1.29, 1.82) is 0 Å². The molecule has 3 rings (SSSR count). The molecule has 1 aromatic carbocycles. The van der Waals surface area contributed by atoms with E-state index in [-0.39, 0.29) is 5.91 Å². The monoisotopic (exact) mass is 355 g/mol. The molecule has 25 heavy (non-hydrogen) atoms. The van der Waals surface area contributed by atoms with Crippen molar-refractivity contribution >= 4 is 33.8 Å². The van der Waals surface area contributed by atoms with Crippen molar-refractivity contribution in [1.82, 2.24) is 9.55 Å². The van der Waals surface area contributed by atoms with Crippen molar-refractivity contribution in [3.8, 4) is 0 Å². The first-order chi connectivity index (χ1) is 11.9. The van der Waals surface area contributed by atoms with Crippen LogP contribution in [0.15, 0.2) is 35.8 Å². The Morgan fingerprint density at radius 2 is 2.04 bits per heavy atom. The fourth-order valence-corrected chi connectivity index (χ4v) is 3.70. The first-order valence-electron chi connectivity index (χ1n) is 8.75. The minimum atomic E-state index is -0.0263. The van der Waals surface area contributed by atoms with Crippen LogP contribution in [0.4, 0.5) is 5.69 Å². The van der Waals surface area contributed by atoms with Crippen LogP contribution in [-0.4, -0.2) is 15.5 Å². The Morgan fingerprint density at radius 3 is 2.72 bits per heavy atom. The molecule has 0 aliphatic heterocycles. The largest absolute Gasteiger partial charge is 0.347 e. The Kier molecular flexibility index (Phi) is 5.23. The number of fused-ring (bicyclic) bond motifs is 1. The van der Waals surface area contributed by atoms with Gasteiger partial charge in [0, 0.05) is 40.6 Å². The predicted molar refractivity (Wildman–Crippen MR) is 105 cm³/mol. The lowest BCUT2D eigenvalue weighted by molar-refractivity contribution is -0.115. The SMILES string of the molecule is CC(C)Cn1ccc2cc(NC(=O)Cc3csc(C(C)C)n3)ccc21. The van der Waals surface area contributed by atoms with E-state index in [0.29, 0.717) is 18.3 Å². The number of nitrogens with zero attached hydrogens (tertiary/aromatic N) is 2. The number of nitrogens with one attached hydrogen (secondary N) is 1. The van der Waals surface area contributed by atoms with Gasteiger partial charge in [-0.25, -0.2) is 4.98 Å². The number of carbonyl (C=O) groups excluding carboxylic acids is 1. The minimum Gasteiger partial charge on any atom is -0.347 e. The molecule has 1 N–H and O–H groups in total. The Labute approximate surface area is 152 Å². The average molecular weight is 356 g/mol. The fourth-order valence-electron chi connectivity index (χ4n) is 2.87. The average Bonchev–Trinajstić information content (AvgIpc) is 3.14. The van der Waals surface area contributed by atoms with E-state index in [1.54, 1.807) is 11.3 Å². The lowest BCUT2D eigenvalue weighted by Crippen LogP contribution is -2.14. The molecule has 0 saturated heterocycles. The molecule has 0 aliphatic carbocycles. The summed E-state index contributed by atoms with van der Waals surface area (Å²) in [7, 11) is 0. The van der Waals surface area contributed by atoms with Gasteiger partial charge in [-0.05, 0) is 30.2 Å². The van der Waals surface area contributed by atoms with E-state index in [9.17, 15) is 4.79 Å². The zero-order valence-electron chi connectivity index (χ0n) is 15.2. The molecule has 0 atom stereocenters. The lowest BCUT2D eigenvalue weighted by atomic mass is 10.2. The van der Waals surface area contributed by atoms with Gasteiger partial charge in [0.15, 0.2) is 0 Å². The molecule has 0 fully saturated rings. The van der Waals surface area contributed by atoms with E-state index in [1.807, 2.05) is 17.5 Å². The van der Waals surface area contributed by atoms with Gasteiger partial charge in [-0.3, -0.25) is 4.79 Å². The molecule has 3 aromatic rings. The fraction of sp³-hybridized carbons (Fsp3) is 0.400. The van der Waals surface area contributed by atoms with E-state index in [4.69, 9.17) is 0 Å². The van der Waals surface area contributed by atoms with Gasteiger partial charge < -0.3 is 9.88 Å². The maximum absolute atomic E-state index is 12.3. The molecule has 0 unspecified atom stereocenters. The molecule has 0 saturated carbocycles. The summed E-state index contributed by atoms with van der Waals surface area (Å²) in [6, 6.07) is 8.18. The highest BCUT2D eigenvalue weighted by molar-refractivity contribution is 7.09. The number of benzene rings is 1.